The fourth-order valence-corrected chi connectivity index (χ4v) is 9.59. The molecule has 3 heterocycles. The number of carbonyl (C=O) groups is 1. The Morgan fingerprint density at radius 3 is 2.50 bits per heavy atom. The van der Waals surface area contributed by atoms with Gasteiger partial charge in [0.2, 0.25) is 5.89 Å². The van der Waals surface area contributed by atoms with Gasteiger partial charge in [0, 0.05) is 5.56 Å². The summed E-state index contributed by atoms with van der Waals surface area (Å²) in [5.74, 6) is 1.81. The van der Waals surface area contributed by atoms with E-state index >= 15 is 0 Å². The monoisotopic (exact) mass is 647 g/mol. The molecule has 46 heavy (non-hydrogen) atoms. The highest BCUT2D eigenvalue weighted by atomic mass is 32.1. The third kappa shape index (κ3) is 5.02. The maximum absolute atomic E-state index is 14.4. The predicted octanol–water partition coefficient (Wildman–Crippen LogP) is 6.38. The van der Waals surface area contributed by atoms with E-state index in [1.54, 1.807) is 14.0 Å². The molecule has 0 saturated heterocycles. The summed E-state index contributed by atoms with van der Waals surface area (Å²) in [6.07, 6.45) is 9.54. The van der Waals surface area contributed by atoms with E-state index < -0.39 is 28.9 Å². The van der Waals surface area contributed by atoms with Crippen LogP contribution in [0, 0.1) is 30.1 Å². The van der Waals surface area contributed by atoms with Crippen LogP contribution in [0.2, 0.25) is 0 Å². The molecular weight excluding hydrogens is 606 g/mol. The number of thiophene rings is 1. The zero-order valence-corrected chi connectivity index (χ0v) is 27.8. The molecule has 3 aliphatic carbocycles. The first-order chi connectivity index (χ1) is 21.9. The quantitative estimate of drug-likeness (QED) is 0.210. The Labute approximate surface area is 271 Å². The van der Waals surface area contributed by atoms with Crippen molar-refractivity contribution in [3.8, 4) is 16.5 Å². The number of aromatic nitrogens is 3. The molecule has 244 valence electrons. The number of nitrogens with zero attached hydrogens (tertiary/aromatic N) is 3. The Kier molecular flexibility index (Phi) is 7.55. The van der Waals surface area contributed by atoms with E-state index in [4.69, 9.17) is 13.9 Å². The van der Waals surface area contributed by atoms with Crippen molar-refractivity contribution >= 4 is 27.5 Å². The van der Waals surface area contributed by atoms with E-state index in [0.717, 1.165) is 28.9 Å². The van der Waals surface area contributed by atoms with Crippen LogP contribution in [-0.2, 0) is 21.6 Å². The number of aliphatic carboxylic acids is 1. The molecule has 0 amide bonds. The molecule has 3 fully saturated rings. The van der Waals surface area contributed by atoms with E-state index in [1.165, 1.54) is 67.9 Å². The van der Waals surface area contributed by atoms with E-state index in [2.05, 4.69) is 11.9 Å². The summed E-state index contributed by atoms with van der Waals surface area (Å²) in [5.41, 5.74) is -1.36. The molecule has 1 aromatic carbocycles. The fraction of sp³-hybridized carbons (Fsp3) is 0.543. The van der Waals surface area contributed by atoms with Crippen LogP contribution in [0.25, 0.3) is 21.0 Å². The molecule has 1 N–H and O–H groups in total. The summed E-state index contributed by atoms with van der Waals surface area (Å²) in [6, 6.07) is 7.63. The molecule has 3 saturated carbocycles. The SMILES string of the molecule is COc1ccccc1C(Cn1c(=O)n(C(C)(C)C(=O)O)c(=O)c2c(C)c(-c3ncco3)sc21)OC1C[C@@H]2CC(C)(C3CC3)C[C@@H]2C1. The lowest BCUT2D eigenvalue weighted by Gasteiger charge is -2.29. The molecule has 3 aliphatic rings. The number of carboxylic acids is 1. The first-order valence-electron chi connectivity index (χ1n) is 16.1. The highest BCUT2D eigenvalue weighted by Gasteiger charge is 2.53. The predicted molar refractivity (Wildman–Crippen MR) is 174 cm³/mol. The standard InChI is InChI=1S/C35H41N3O7S/c1-19-27-30(39)38(34(2,3)32(40)41)33(42)37(31(27)46-28(19)29-36-12-13-44-29)18-26(24-8-6-7-9-25(24)43-5)45-23-14-20-16-35(4,22-10-11-22)17-21(20)15-23/h6-9,12-13,20-23,26H,10-11,14-18H2,1-5H3,(H,40,41)/t20-,21+,23?,26?,35?. The van der Waals surface area contributed by atoms with Crippen molar-refractivity contribution in [2.24, 2.45) is 23.2 Å². The van der Waals surface area contributed by atoms with Crippen molar-refractivity contribution in [1.82, 2.24) is 14.1 Å². The minimum Gasteiger partial charge on any atom is -0.496 e. The van der Waals surface area contributed by atoms with Crippen LogP contribution in [0.15, 0.2) is 50.7 Å². The highest BCUT2D eigenvalue weighted by molar-refractivity contribution is 7.22. The number of rotatable bonds is 10. The second-order valence-electron chi connectivity index (χ2n) is 14.3. The Morgan fingerprint density at radius 1 is 1.20 bits per heavy atom. The molecule has 11 heteroatoms. The molecular formula is C35H41N3O7S. The Balaban J connectivity index is 1.33. The lowest BCUT2D eigenvalue weighted by Crippen LogP contribution is -2.52. The van der Waals surface area contributed by atoms with Gasteiger partial charge in [-0.05, 0) is 94.1 Å². The van der Waals surface area contributed by atoms with E-state index in [-0.39, 0.29) is 18.0 Å². The van der Waals surface area contributed by atoms with Crippen molar-refractivity contribution in [2.45, 2.75) is 90.5 Å². The second-order valence-corrected chi connectivity index (χ2v) is 15.3. The molecule has 0 aliphatic heterocycles. The van der Waals surface area contributed by atoms with Crippen LogP contribution in [-0.4, -0.2) is 38.4 Å². The zero-order chi connectivity index (χ0) is 32.5. The number of oxazole rings is 1. The summed E-state index contributed by atoms with van der Waals surface area (Å²) >= 11 is 1.24. The van der Waals surface area contributed by atoms with Crippen molar-refractivity contribution in [2.75, 3.05) is 7.11 Å². The van der Waals surface area contributed by atoms with Crippen LogP contribution < -0.4 is 16.0 Å². The normalized spacial score (nSPS) is 25.2. The first kappa shape index (κ1) is 30.9. The Hall–Kier alpha value is -3.70. The van der Waals surface area contributed by atoms with E-state index in [1.807, 2.05) is 24.3 Å². The van der Waals surface area contributed by atoms with Gasteiger partial charge in [-0.25, -0.2) is 19.1 Å². The number of hydrogen-bond acceptors (Lipinski definition) is 8. The number of benzene rings is 1. The number of hydrogen-bond donors (Lipinski definition) is 1. The van der Waals surface area contributed by atoms with Crippen LogP contribution in [0.5, 0.6) is 5.75 Å². The van der Waals surface area contributed by atoms with Crippen LogP contribution >= 0.6 is 11.3 Å². The van der Waals surface area contributed by atoms with Gasteiger partial charge in [-0.15, -0.1) is 11.3 Å². The van der Waals surface area contributed by atoms with Gasteiger partial charge < -0.3 is 19.0 Å². The molecule has 0 spiro atoms. The molecule has 3 aromatic heterocycles. The summed E-state index contributed by atoms with van der Waals surface area (Å²) in [7, 11) is 1.61. The molecule has 5 atom stereocenters. The number of ether oxygens (including phenoxy) is 2. The third-order valence-corrected chi connectivity index (χ3v) is 12.2. The number of para-hydroxylation sites is 1. The Bertz CT molecular complexity index is 1900. The summed E-state index contributed by atoms with van der Waals surface area (Å²) in [5, 5.41) is 10.4. The summed E-state index contributed by atoms with van der Waals surface area (Å²) in [6.45, 7) is 7.03. The van der Waals surface area contributed by atoms with Gasteiger partial charge in [-0.3, -0.25) is 9.36 Å². The van der Waals surface area contributed by atoms with Crippen molar-refractivity contribution in [3.63, 3.8) is 0 Å². The molecule has 4 aromatic rings. The largest absolute Gasteiger partial charge is 0.496 e. The fourth-order valence-electron chi connectivity index (χ4n) is 8.34. The third-order valence-electron chi connectivity index (χ3n) is 10.9. The maximum Gasteiger partial charge on any atom is 0.333 e. The van der Waals surface area contributed by atoms with Crippen molar-refractivity contribution in [1.29, 1.82) is 0 Å². The van der Waals surface area contributed by atoms with Gasteiger partial charge in [0.15, 0.2) is 0 Å². The van der Waals surface area contributed by atoms with Gasteiger partial charge >= 0.3 is 11.7 Å². The smallest absolute Gasteiger partial charge is 0.333 e. The van der Waals surface area contributed by atoms with Crippen molar-refractivity contribution < 1.29 is 23.8 Å². The topological polar surface area (TPSA) is 126 Å². The number of aryl methyl sites for hydroxylation is 1. The van der Waals surface area contributed by atoms with Gasteiger partial charge in [-0.1, -0.05) is 25.1 Å². The highest BCUT2D eigenvalue weighted by Crippen LogP contribution is 2.62. The van der Waals surface area contributed by atoms with Crippen LogP contribution in [0.1, 0.15) is 76.5 Å². The summed E-state index contributed by atoms with van der Waals surface area (Å²) in [4.78, 5) is 46.1. The molecule has 0 bridgehead atoms. The van der Waals surface area contributed by atoms with Gasteiger partial charge in [0.25, 0.3) is 5.56 Å². The number of fused-ring (bicyclic) bond motifs is 2. The molecule has 10 nitrogen and oxygen atoms in total. The molecule has 0 radical (unpaired) electrons. The number of carboxylic acid groups (broad SMARTS) is 1. The van der Waals surface area contributed by atoms with Crippen molar-refractivity contribution in [3.05, 3.63) is 68.7 Å². The van der Waals surface area contributed by atoms with Crippen LogP contribution in [0.3, 0.4) is 0 Å². The van der Waals surface area contributed by atoms with Gasteiger partial charge in [0.1, 0.15) is 28.5 Å². The lowest BCUT2D eigenvalue weighted by atomic mass is 9.81. The van der Waals surface area contributed by atoms with E-state index in [9.17, 15) is 19.5 Å². The number of methoxy groups -OCH3 is 1. The average Bonchev–Trinajstić information content (AvgIpc) is 3.29. The second kappa shape index (κ2) is 11.2. The van der Waals surface area contributed by atoms with E-state index in [0.29, 0.717) is 44.2 Å². The minimum atomic E-state index is -1.81. The first-order valence-corrected chi connectivity index (χ1v) is 17.0. The molecule has 7 rings (SSSR count). The zero-order valence-electron chi connectivity index (χ0n) is 26.9. The molecule has 3 unspecified atom stereocenters. The average molecular weight is 648 g/mol. The van der Waals surface area contributed by atoms with Gasteiger partial charge in [0.05, 0.1) is 36.2 Å². The lowest BCUT2D eigenvalue weighted by molar-refractivity contribution is -0.146. The summed E-state index contributed by atoms with van der Waals surface area (Å²) < 4.78 is 20.7. The Morgan fingerprint density at radius 2 is 1.89 bits per heavy atom. The maximum atomic E-state index is 14.4. The minimum absolute atomic E-state index is 0.00850. The van der Waals surface area contributed by atoms with Gasteiger partial charge in [-0.2, -0.15) is 0 Å². The van der Waals surface area contributed by atoms with Crippen LogP contribution in [0.4, 0.5) is 0 Å².